The third kappa shape index (κ3) is 2.87. The van der Waals surface area contributed by atoms with E-state index in [1.54, 1.807) is 0 Å². The van der Waals surface area contributed by atoms with Crippen molar-refractivity contribution in [2.24, 2.45) is 0 Å². The molecule has 1 aliphatic carbocycles. The molecule has 1 amide bonds. The van der Waals surface area contributed by atoms with Crippen LogP contribution >= 0.6 is 11.3 Å². The zero-order valence-corrected chi connectivity index (χ0v) is 14.9. The maximum atomic E-state index is 11.8. The average molecular weight is 349 g/mol. The molecule has 1 fully saturated rings. The van der Waals surface area contributed by atoms with Crippen molar-refractivity contribution in [1.82, 2.24) is 4.98 Å². The number of nitrogens with zero attached hydrogens (tertiary/aromatic N) is 2. The van der Waals surface area contributed by atoms with E-state index in [4.69, 9.17) is 4.98 Å². The van der Waals surface area contributed by atoms with Gasteiger partial charge in [-0.05, 0) is 55.9 Å². The highest BCUT2D eigenvalue weighted by Crippen LogP contribution is 2.37. The van der Waals surface area contributed by atoms with Gasteiger partial charge in [-0.1, -0.05) is 12.5 Å². The summed E-state index contributed by atoms with van der Waals surface area (Å²) in [6.45, 7) is 1.92. The van der Waals surface area contributed by atoms with Gasteiger partial charge in [-0.15, -0.1) is 11.3 Å². The first-order valence-corrected chi connectivity index (χ1v) is 9.58. The monoisotopic (exact) mass is 349 g/mol. The molecule has 0 saturated heterocycles. The topological polar surface area (TPSA) is 65.8 Å². The molecule has 0 bridgehead atoms. The summed E-state index contributed by atoms with van der Waals surface area (Å²) in [6, 6.07) is 8.34. The molecule has 2 aromatic rings. The van der Waals surface area contributed by atoms with Gasteiger partial charge < -0.3 is 5.32 Å². The van der Waals surface area contributed by atoms with Gasteiger partial charge in [0.25, 0.3) is 0 Å². The SMILES string of the molecule is C[C@H]1C(=O)Nc2ccc(-c3csc(C(C#N)=C4CCCCC4)n3)cc21. The van der Waals surface area contributed by atoms with E-state index in [0.29, 0.717) is 0 Å². The Morgan fingerprint density at radius 1 is 1.32 bits per heavy atom. The lowest BCUT2D eigenvalue weighted by atomic mass is 9.91. The highest BCUT2D eigenvalue weighted by molar-refractivity contribution is 7.11. The molecule has 1 N–H and O–H groups in total. The van der Waals surface area contributed by atoms with Gasteiger partial charge in [-0.3, -0.25) is 4.79 Å². The number of amides is 1. The van der Waals surface area contributed by atoms with Crippen LogP contribution in [0, 0.1) is 11.3 Å². The number of fused-ring (bicyclic) bond motifs is 1. The van der Waals surface area contributed by atoms with E-state index in [2.05, 4.69) is 11.4 Å². The first kappa shape index (κ1) is 16.0. The minimum absolute atomic E-state index is 0.0416. The summed E-state index contributed by atoms with van der Waals surface area (Å²) in [6.07, 6.45) is 5.63. The van der Waals surface area contributed by atoms with Crippen molar-refractivity contribution >= 4 is 28.5 Å². The van der Waals surface area contributed by atoms with E-state index in [1.165, 1.54) is 36.2 Å². The van der Waals surface area contributed by atoms with Crippen molar-refractivity contribution < 1.29 is 4.79 Å². The summed E-state index contributed by atoms with van der Waals surface area (Å²) in [5.41, 5.74) is 5.80. The molecule has 1 aromatic carbocycles. The Hall–Kier alpha value is -2.45. The Labute approximate surface area is 151 Å². The molecule has 2 aliphatic rings. The summed E-state index contributed by atoms with van der Waals surface area (Å²) in [7, 11) is 0. The lowest BCUT2D eigenvalue weighted by Crippen LogP contribution is -2.08. The highest BCUT2D eigenvalue weighted by Gasteiger charge is 2.27. The van der Waals surface area contributed by atoms with Crippen molar-refractivity contribution in [2.75, 3.05) is 5.32 Å². The van der Waals surface area contributed by atoms with Crippen molar-refractivity contribution in [2.45, 2.75) is 44.9 Å². The first-order chi connectivity index (χ1) is 12.2. The second-order valence-electron chi connectivity index (χ2n) is 6.70. The number of hydrogen-bond acceptors (Lipinski definition) is 4. The van der Waals surface area contributed by atoms with Gasteiger partial charge in [0.2, 0.25) is 5.91 Å². The number of nitriles is 1. The van der Waals surface area contributed by atoms with Crippen molar-refractivity contribution in [1.29, 1.82) is 5.26 Å². The Balaban J connectivity index is 1.68. The summed E-state index contributed by atoms with van der Waals surface area (Å²) in [5, 5.41) is 15.3. The molecule has 1 saturated carbocycles. The molecule has 1 aromatic heterocycles. The number of allylic oxidation sites excluding steroid dienone is 2. The molecule has 25 heavy (non-hydrogen) atoms. The predicted molar refractivity (Wildman–Crippen MR) is 100 cm³/mol. The Morgan fingerprint density at radius 2 is 2.12 bits per heavy atom. The lowest BCUT2D eigenvalue weighted by Gasteiger charge is -2.14. The van der Waals surface area contributed by atoms with Gasteiger partial charge in [0, 0.05) is 16.6 Å². The quantitative estimate of drug-likeness (QED) is 0.766. The summed E-state index contributed by atoms with van der Waals surface area (Å²) < 4.78 is 0. The fraction of sp³-hybridized carbons (Fsp3) is 0.350. The van der Waals surface area contributed by atoms with Gasteiger partial charge in [-0.2, -0.15) is 5.26 Å². The number of benzene rings is 1. The van der Waals surface area contributed by atoms with Crippen molar-refractivity contribution in [3.63, 3.8) is 0 Å². The fourth-order valence-corrected chi connectivity index (χ4v) is 4.48. The maximum absolute atomic E-state index is 11.8. The van der Waals surface area contributed by atoms with Crippen LogP contribution in [0.15, 0.2) is 29.2 Å². The van der Waals surface area contributed by atoms with Crippen LogP contribution in [0.25, 0.3) is 16.8 Å². The number of anilines is 1. The zero-order valence-electron chi connectivity index (χ0n) is 14.1. The maximum Gasteiger partial charge on any atom is 0.231 e. The minimum Gasteiger partial charge on any atom is -0.325 e. The number of carbonyl (C=O) groups excluding carboxylic acids is 1. The second-order valence-corrected chi connectivity index (χ2v) is 7.56. The molecule has 1 aliphatic heterocycles. The van der Waals surface area contributed by atoms with E-state index in [-0.39, 0.29) is 11.8 Å². The van der Waals surface area contributed by atoms with Crippen LogP contribution in [0.4, 0.5) is 5.69 Å². The standard InChI is InChI=1S/C20H19N3OS/c1-12-15-9-14(7-8-17(15)22-19(12)24)18-11-25-20(23-18)16(10-21)13-5-3-2-4-6-13/h7-9,11-12H,2-6H2,1H3,(H,22,24)/t12-/m1/s1. The molecule has 4 nitrogen and oxygen atoms in total. The third-order valence-electron chi connectivity index (χ3n) is 5.11. The number of aromatic nitrogens is 1. The van der Waals surface area contributed by atoms with Gasteiger partial charge in [0.05, 0.1) is 17.2 Å². The van der Waals surface area contributed by atoms with Crippen LogP contribution in [0.5, 0.6) is 0 Å². The van der Waals surface area contributed by atoms with Crippen LogP contribution < -0.4 is 5.32 Å². The number of hydrogen-bond donors (Lipinski definition) is 1. The first-order valence-electron chi connectivity index (χ1n) is 8.70. The van der Waals surface area contributed by atoms with Crippen molar-refractivity contribution in [3.8, 4) is 17.3 Å². The largest absolute Gasteiger partial charge is 0.325 e. The zero-order chi connectivity index (χ0) is 17.4. The van der Waals surface area contributed by atoms with Crippen LogP contribution in [-0.2, 0) is 4.79 Å². The molecule has 5 heteroatoms. The van der Waals surface area contributed by atoms with Crippen LogP contribution in [0.2, 0.25) is 0 Å². The summed E-state index contributed by atoms with van der Waals surface area (Å²) >= 11 is 1.53. The molecule has 0 radical (unpaired) electrons. The van der Waals surface area contributed by atoms with E-state index in [1.807, 2.05) is 30.5 Å². The summed E-state index contributed by atoms with van der Waals surface area (Å²) in [5.74, 6) is -0.0907. The Bertz CT molecular complexity index is 911. The molecular weight excluding hydrogens is 330 g/mol. The van der Waals surface area contributed by atoms with Gasteiger partial charge in [-0.25, -0.2) is 4.98 Å². The lowest BCUT2D eigenvalue weighted by molar-refractivity contribution is -0.116. The van der Waals surface area contributed by atoms with Gasteiger partial charge in [0.15, 0.2) is 0 Å². The molecule has 126 valence electrons. The fourth-order valence-electron chi connectivity index (χ4n) is 3.60. The van der Waals surface area contributed by atoms with Crippen LogP contribution in [0.1, 0.15) is 55.5 Å². The van der Waals surface area contributed by atoms with Gasteiger partial charge >= 0.3 is 0 Å². The smallest absolute Gasteiger partial charge is 0.231 e. The summed E-state index contributed by atoms with van der Waals surface area (Å²) in [4.78, 5) is 16.5. The number of nitrogens with one attached hydrogen (secondary N) is 1. The minimum atomic E-state index is -0.132. The second kappa shape index (κ2) is 6.45. The number of carbonyl (C=O) groups is 1. The molecule has 4 rings (SSSR count). The average Bonchev–Trinajstić information content (AvgIpc) is 3.22. The van der Waals surface area contributed by atoms with E-state index in [0.717, 1.165) is 45.9 Å². The van der Waals surface area contributed by atoms with Gasteiger partial charge in [0.1, 0.15) is 11.1 Å². The predicted octanol–water partition coefficient (Wildman–Crippen LogP) is 5.11. The molecule has 1 atom stereocenters. The molecule has 0 spiro atoms. The number of rotatable bonds is 2. The Morgan fingerprint density at radius 3 is 2.88 bits per heavy atom. The highest BCUT2D eigenvalue weighted by atomic mass is 32.1. The molecular formula is C20H19N3OS. The Kier molecular flexibility index (Phi) is 4.14. The van der Waals surface area contributed by atoms with E-state index >= 15 is 0 Å². The third-order valence-corrected chi connectivity index (χ3v) is 5.97. The van der Waals surface area contributed by atoms with Crippen molar-refractivity contribution in [3.05, 3.63) is 39.7 Å². The van der Waals surface area contributed by atoms with E-state index < -0.39 is 0 Å². The van der Waals surface area contributed by atoms with Crippen LogP contribution in [-0.4, -0.2) is 10.9 Å². The molecule has 0 unspecified atom stereocenters. The normalized spacial score (nSPS) is 19.3. The van der Waals surface area contributed by atoms with Crippen LogP contribution in [0.3, 0.4) is 0 Å². The molecule has 2 heterocycles. The number of thiazole rings is 1. The van der Waals surface area contributed by atoms with E-state index in [9.17, 15) is 10.1 Å².